The number of methoxy groups -OCH3 is 2. The Morgan fingerprint density at radius 3 is 2.53 bits per heavy atom. The number of nitrogens with zero attached hydrogens (tertiary/aromatic N) is 2. The standard InChI is InChI=1S/C26H27FN2O3/c1-17-13-20(18-6-8-21(27)9-7-18)14-24(28-17)19-5-4-12-29(16-19)26(30)23-11-10-22(31-2)15-25(23)32-3/h6-11,13-15,19H,4-5,12,16H2,1-3H3. The summed E-state index contributed by atoms with van der Waals surface area (Å²) >= 11 is 0. The third-order valence-electron chi connectivity index (χ3n) is 5.92. The first kappa shape index (κ1) is 21.8. The van der Waals surface area contributed by atoms with Crippen molar-refractivity contribution in [2.45, 2.75) is 25.7 Å². The third-order valence-corrected chi connectivity index (χ3v) is 5.92. The van der Waals surface area contributed by atoms with Crippen LogP contribution in [-0.2, 0) is 0 Å². The average Bonchev–Trinajstić information content (AvgIpc) is 2.83. The number of aryl methyl sites for hydroxylation is 1. The molecule has 1 amide bonds. The largest absolute Gasteiger partial charge is 0.497 e. The van der Waals surface area contributed by atoms with Crippen LogP contribution in [0.1, 0.15) is 40.5 Å². The van der Waals surface area contributed by atoms with Gasteiger partial charge in [0, 0.05) is 36.5 Å². The van der Waals surface area contributed by atoms with Gasteiger partial charge < -0.3 is 14.4 Å². The van der Waals surface area contributed by atoms with Crippen LogP contribution >= 0.6 is 0 Å². The number of aromatic nitrogens is 1. The van der Waals surface area contributed by atoms with Gasteiger partial charge in [-0.25, -0.2) is 4.39 Å². The summed E-state index contributed by atoms with van der Waals surface area (Å²) in [4.78, 5) is 19.9. The minimum absolute atomic E-state index is 0.0550. The maximum absolute atomic E-state index is 13.3. The predicted molar refractivity (Wildman–Crippen MR) is 122 cm³/mol. The number of hydrogen-bond donors (Lipinski definition) is 0. The Balaban J connectivity index is 1.58. The SMILES string of the molecule is COc1ccc(C(=O)N2CCCC(c3cc(-c4ccc(F)cc4)cc(C)n3)C2)c(OC)c1. The molecule has 6 heteroatoms. The van der Waals surface area contributed by atoms with Crippen LogP contribution in [-0.4, -0.2) is 43.1 Å². The summed E-state index contributed by atoms with van der Waals surface area (Å²) in [5.74, 6) is 0.975. The Morgan fingerprint density at radius 2 is 1.81 bits per heavy atom. The molecule has 0 bridgehead atoms. The number of piperidine rings is 1. The third kappa shape index (κ3) is 4.59. The van der Waals surface area contributed by atoms with Crippen molar-refractivity contribution in [2.24, 2.45) is 0 Å². The first-order valence-corrected chi connectivity index (χ1v) is 10.7. The predicted octanol–water partition coefficient (Wildman–Crippen LogP) is 5.23. The minimum Gasteiger partial charge on any atom is -0.497 e. The molecule has 32 heavy (non-hydrogen) atoms. The maximum Gasteiger partial charge on any atom is 0.257 e. The van der Waals surface area contributed by atoms with Crippen LogP contribution in [0, 0.1) is 12.7 Å². The summed E-state index contributed by atoms with van der Waals surface area (Å²) in [5, 5.41) is 0. The monoisotopic (exact) mass is 434 g/mol. The number of halogens is 1. The summed E-state index contributed by atoms with van der Waals surface area (Å²) in [6.07, 6.45) is 1.86. The molecular weight excluding hydrogens is 407 g/mol. The molecule has 5 nitrogen and oxygen atoms in total. The fraction of sp³-hybridized carbons (Fsp3) is 0.308. The molecule has 1 atom stereocenters. The van der Waals surface area contributed by atoms with E-state index in [0.717, 1.165) is 35.4 Å². The highest BCUT2D eigenvalue weighted by molar-refractivity contribution is 5.97. The number of pyridine rings is 1. The summed E-state index contributed by atoms with van der Waals surface area (Å²) in [6, 6.07) is 15.8. The van der Waals surface area contributed by atoms with Crippen LogP contribution in [0.5, 0.6) is 11.5 Å². The number of amides is 1. The molecule has 166 valence electrons. The van der Waals surface area contributed by atoms with Gasteiger partial charge in [-0.05, 0) is 67.3 Å². The highest BCUT2D eigenvalue weighted by atomic mass is 19.1. The number of rotatable bonds is 5. The Bertz CT molecular complexity index is 1110. The van der Waals surface area contributed by atoms with Crippen LogP contribution in [0.4, 0.5) is 4.39 Å². The van der Waals surface area contributed by atoms with Crippen molar-refractivity contribution in [3.05, 3.63) is 77.4 Å². The number of carbonyl (C=O) groups is 1. The summed E-state index contributed by atoms with van der Waals surface area (Å²) in [6.45, 7) is 3.25. The zero-order valence-corrected chi connectivity index (χ0v) is 18.6. The highest BCUT2D eigenvalue weighted by Crippen LogP contribution is 2.32. The van der Waals surface area contributed by atoms with Gasteiger partial charge in [0.2, 0.25) is 0 Å². The van der Waals surface area contributed by atoms with E-state index in [1.807, 2.05) is 17.9 Å². The normalized spacial score (nSPS) is 16.0. The van der Waals surface area contributed by atoms with Gasteiger partial charge in [-0.2, -0.15) is 0 Å². The fourth-order valence-electron chi connectivity index (χ4n) is 4.26. The van der Waals surface area contributed by atoms with E-state index in [1.54, 1.807) is 44.6 Å². The van der Waals surface area contributed by atoms with Crippen LogP contribution in [0.15, 0.2) is 54.6 Å². The van der Waals surface area contributed by atoms with Crippen molar-refractivity contribution in [2.75, 3.05) is 27.3 Å². The molecule has 0 N–H and O–H groups in total. The molecular formula is C26H27FN2O3. The molecule has 1 fully saturated rings. The Hall–Kier alpha value is -3.41. The second-order valence-corrected chi connectivity index (χ2v) is 8.09. The molecule has 0 spiro atoms. The number of hydrogen-bond acceptors (Lipinski definition) is 4. The molecule has 4 rings (SSSR count). The summed E-state index contributed by atoms with van der Waals surface area (Å²) in [7, 11) is 3.14. The molecule has 1 aliphatic heterocycles. The lowest BCUT2D eigenvalue weighted by Gasteiger charge is -2.33. The lowest BCUT2D eigenvalue weighted by atomic mass is 9.91. The van der Waals surface area contributed by atoms with Crippen molar-refractivity contribution in [1.29, 1.82) is 0 Å². The van der Waals surface area contributed by atoms with Crippen LogP contribution < -0.4 is 9.47 Å². The van der Waals surface area contributed by atoms with Gasteiger partial charge in [0.1, 0.15) is 17.3 Å². The van der Waals surface area contributed by atoms with E-state index >= 15 is 0 Å². The van der Waals surface area contributed by atoms with E-state index in [1.165, 1.54) is 12.1 Å². The van der Waals surface area contributed by atoms with Gasteiger partial charge in [-0.15, -0.1) is 0 Å². The minimum atomic E-state index is -0.254. The van der Waals surface area contributed by atoms with E-state index in [2.05, 4.69) is 6.07 Å². The van der Waals surface area contributed by atoms with Crippen molar-refractivity contribution in [1.82, 2.24) is 9.88 Å². The lowest BCUT2D eigenvalue weighted by molar-refractivity contribution is 0.0702. The first-order valence-electron chi connectivity index (χ1n) is 10.7. The summed E-state index contributed by atoms with van der Waals surface area (Å²) in [5.41, 5.74) is 4.35. The van der Waals surface area contributed by atoms with E-state index in [0.29, 0.717) is 30.2 Å². The number of likely N-dealkylation sites (tertiary alicyclic amines) is 1. The van der Waals surface area contributed by atoms with Crippen molar-refractivity contribution in [3.63, 3.8) is 0 Å². The van der Waals surface area contributed by atoms with Gasteiger partial charge in [0.15, 0.2) is 0 Å². The Kier molecular flexibility index (Phi) is 6.40. The van der Waals surface area contributed by atoms with Gasteiger partial charge in [-0.3, -0.25) is 9.78 Å². The molecule has 0 radical (unpaired) electrons. The van der Waals surface area contributed by atoms with E-state index in [9.17, 15) is 9.18 Å². The fourth-order valence-corrected chi connectivity index (χ4v) is 4.26. The van der Waals surface area contributed by atoms with Crippen LogP contribution in [0.3, 0.4) is 0 Å². The summed E-state index contributed by atoms with van der Waals surface area (Å²) < 4.78 is 24.0. The van der Waals surface area contributed by atoms with Gasteiger partial charge in [0.25, 0.3) is 5.91 Å². The molecule has 1 saturated heterocycles. The van der Waals surface area contributed by atoms with Gasteiger partial charge >= 0.3 is 0 Å². The molecule has 1 unspecified atom stereocenters. The first-order chi connectivity index (χ1) is 15.5. The van der Waals surface area contributed by atoms with E-state index < -0.39 is 0 Å². The molecule has 3 aromatic rings. The molecule has 1 aliphatic rings. The van der Waals surface area contributed by atoms with Crippen LogP contribution in [0.2, 0.25) is 0 Å². The van der Waals surface area contributed by atoms with Crippen molar-refractivity contribution >= 4 is 5.91 Å². The number of ether oxygens (including phenoxy) is 2. The molecule has 1 aromatic heterocycles. The van der Waals surface area contributed by atoms with E-state index in [-0.39, 0.29) is 17.6 Å². The molecule has 2 heterocycles. The number of benzene rings is 2. The van der Waals surface area contributed by atoms with E-state index in [4.69, 9.17) is 14.5 Å². The molecule has 0 aliphatic carbocycles. The van der Waals surface area contributed by atoms with Crippen LogP contribution in [0.25, 0.3) is 11.1 Å². The zero-order valence-electron chi connectivity index (χ0n) is 18.6. The average molecular weight is 435 g/mol. The zero-order chi connectivity index (χ0) is 22.7. The maximum atomic E-state index is 13.3. The number of carbonyl (C=O) groups excluding carboxylic acids is 1. The lowest BCUT2D eigenvalue weighted by Crippen LogP contribution is -2.39. The molecule has 2 aromatic carbocycles. The van der Waals surface area contributed by atoms with Crippen molar-refractivity contribution < 1.29 is 18.7 Å². The van der Waals surface area contributed by atoms with Gasteiger partial charge in [0.05, 0.1) is 19.8 Å². The highest BCUT2D eigenvalue weighted by Gasteiger charge is 2.28. The molecule has 0 saturated carbocycles. The second kappa shape index (κ2) is 9.39. The topological polar surface area (TPSA) is 51.7 Å². The van der Waals surface area contributed by atoms with Gasteiger partial charge in [-0.1, -0.05) is 12.1 Å². The van der Waals surface area contributed by atoms with Crippen molar-refractivity contribution in [3.8, 4) is 22.6 Å². The second-order valence-electron chi connectivity index (χ2n) is 8.09. The Morgan fingerprint density at radius 1 is 1.03 bits per heavy atom. The quantitative estimate of drug-likeness (QED) is 0.552. The Labute approximate surface area is 187 Å². The smallest absolute Gasteiger partial charge is 0.257 e.